The first-order chi connectivity index (χ1) is 12.1. The molecule has 1 saturated heterocycles. The molecule has 5 heteroatoms. The van der Waals surface area contributed by atoms with E-state index in [1.807, 2.05) is 34.7 Å². The van der Waals surface area contributed by atoms with Crippen LogP contribution in [0.5, 0.6) is 0 Å². The molecule has 1 aliphatic heterocycles. The molecule has 0 bridgehead atoms. The Morgan fingerprint density at radius 3 is 2.68 bits per heavy atom. The van der Waals surface area contributed by atoms with E-state index < -0.39 is 0 Å². The van der Waals surface area contributed by atoms with Gasteiger partial charge in [-0.05, 0) is 49.8 Å². The highest BCUT2D eigenvalue weighted by Crippen LogP contribution is 2.37. The van der Waals surface area contributed by atoms with Gasteiger partial charge in [-0.2, -0.15) is 0 Å². The van der Waals surface area contributed by atoms with Crippen LogP contribution in [0.4, 0.5) is 5.82 Å². The molecule has 0 radical (unpaired) electrons. The van der Waals surface area contributed by atoms with Gasteiger partial charge in [-0.3, -0.25) is 9.20 Å². The van der Waals surface area contributed by atoms with E-state index in [0.717, 1.165) is 45.5 Å². The van der Waals surface area contributed by atoms with Crippen LogP contribution in [-0.2, 0) is 0 Å². The average Bonchev–Trinajstić information content (AvgIpc) is 3.24. The quantitative estimate of drug-likeness (QED) is 0.481. The zero-order valence-electron chi connectivity index (χ0n) is 14.4. The molecule has 5 rings (SSSR count). The van der Waals surface area contributed by atoms with Gasteiger partial charge < -0.3 is 4.90 Å². The summed E-state index contributed by atoms with van der Waals surface area (Å²) in [6.45, 7) is 6.37. The Labute approximate surface area is 149 Å². The summed E-state index contributed by atoms with van der Waals surface area (Å²) in [5.74, 6) is 1.05. The van der Waals surface area contributed by atoms with Crippen LogP contribution in [0.25, 0.3) is 26.6 Å². The molecular weight excluding hydrogens is 330 g/mol. The fraction of sp³-hybridized carbons (Fsp3) is 0.300. The summed E-state index contributed by atoms with van der Waals surface area (Å²) >= 11 is 1.70. The van der Waals surface area contributed by atoms with Crippen LogP contribution in [0.2, 0.25) is 0 Å². The molecule has 4 nitrogen and oxygen atoms in total. The summed E-state index contributed by atoms with van der Waals surface area (Å²) in [6, 6.07) is 9.82. The Balaban J connectivity index is 2.00. The number of fused-ring (bicyclic) bond motifs is 4. The maximum absolute atomic E-state index is 13.2. The normalized spacial score (nSPS) is 15.0. The zero-order chi connectivity index (χ0) is 17.1. The number of anilines is 1. The van der Waals surface area contributed by atoms with Gasteiger partial charge in [0.2, 0.25) is 0 Å². The van der Waals surface area contributed by atoms with Crippen LogP contribution in [0.15, 0.2) is 35.1 Å². The zero-order valence-corrected chi connectivity index (χ0v) is 15.2. The molecule has 0 aliphatic carbocycles. The first-order valence-corrected chi connectivity index (χ1v) is 9.56. The highest BCUT2D eigenvalue weighted by molar-refractivity contribution is 7.19. The van der Waals surface area contributed by atoms with Gasteiger partial charge >= 0.3 is 0 Å². The van der Waals surface area contributed by atoms with E-state index in [1.54, 1.807) is 11.3 Å². The fourth-order valence-corrected chi connectivity index (χ4v) is 5.04. The van der Waals surface area contributed by atoms with Gasteiger partial charge in [-0.15, -0.1) is 11.3 Å². The van der Waals surface area contributed by atoms with Crippen LogP contribution < -0.4 is 10.5 Å². The van der Waals surface area contributed by atoms with E-state index in [9.17, 15) is 4.79 Å². The molecule has 126 valence electrons. The third-order valence-electron chi connectivity index (χ3n) is 5.33. The lowest BCUT2D eigenvalue weighted by Crippen LogP contribution is -2.22. The third-order valence-corrected chi connectivity index (χ3v) is 6.52. The van der Waals surface area contributed by atoms with Gasteiger partial charge in [0.05, 0.1) is 5.39 Å². The average molecular weight is 349 g/mol. The van der Waals surface area contributed by atoms with Crippen molar-refractivity contribution in [2.75, 3.05) is 18.0 Å². The smallest absolute Gasteiger partial charge is 0.265 e. The second-order valence-corrected chi connectivity index (χ2v) is 8.03. The predicted octanol–water partition coefficient (Wildman–Crippen LogP) is 4.28. The van der Waals surface area contributed by atoms with Crippen molar-refractivity contribution in [2.45, 2.75) is 26.7 Å². The number of aryl methyl sites for hydroxylation is 2. The first-order valence-electron chi connectivity index (χ1n) is 8.74. The molecule has 4 aromatic rings. The molecule has 1 fully saturated rings. The SMILES string of the molecule is Cc1sc2c(c(N3CCCC3)nc3cc4ccccc4c(=O)n32)c1C. The van der Waals surface area contributed by atoms with E-state index >= 15 is 0 Å². The Bertz CT molecular complexity index is 1200. The number of hydrogen-bond acceptors (Lipinski definition) is 4. The number of thiophene rings is 1. The Hall–Kier alpha value is -2.40. The molecule has 25 heavy (non-hydrogen) atoms. The highest BCUT2D eigenvalue weighted by atomic mass is 32.1. The minimum atomic E-state index is 0.0276. The minimum Gasteiger partial charge on any atom is -0.356 e. The fourth-order valence-electron chi connectivity index (χ4n) is 3.88. The highest BCUT2D eigenvalue weighted by Gasteiger charge is 2.22. The molecule has 0 atom stereocenters. The molecule has 4 heterocycles. The number of benzene rings is 1. The number of aromatic nitrogens is 2. The van der Waals surface area contributed by atoms with Crippen LogP contribution in [0, 0.1) is 13.8 Å². The largest absolute Gasteiger partial charge is 0.356 e. The van der Waals surface area contributed by atoms with Crippen molar-refractivity contribution in [2.24, 2.45) is 0 Å². The van der Waals surface area contributed by atoms with E-state index in [1.165, 1.54) is 23.3 Å². The summed E-state index contributed by atoms with van der Waals surface area (Å²) in [5, 5.41) is 2.85. The van der Waals surface area contributed by atoms with Crippen LogP contribution >= 0.6 is 11.3 Å². The van der Waals surface area contributed by atoms with Crippen LogP contribution in [-0.4, -0.2) is 22.5 Å². The van der Waals surface area contributed by atoms with Crippen molar-refractivity contribution in [1.82, 2.24) is 9.38 Å². The Kier molecular flexibility index (Phi) is 3.16. The lowest BCUT2D eigenvalue weighted by molar-refractivity contribution is 0.942. The number of nitrogens with zero attached hydrogens (tertiary/aromatic N) is 3. The number of pyridine rings is 1. The minimum absolute atomic E-state index is 0.0276. The van der Waals surface area contributed by atoms with Gasteiger partial charge in [0.1, 0.15) is 16.3 Å². The van der Waals surface area contributed by atoms with Crippen LogP contribution in [0.1, 0.15) is 23.3 Å². The third kappa shape index (κ3) is 2.05. The van der Waals surface area contributed by atoms with Gasteiger partial charge in [-0.25, -0.2) is 4.98 Å². The van der Waals surface area contributed by atoms with Gasteiger partial charge in [0.25, 0.3) is 5.56 Å². The molecule has 1 aromatic carbocycles. The molecule has 0 spiro atoms. The topological polar surface area (TPSA) is 37.6 Å². The number of rotatable bonds is 1. The van der Waals surface area contributed by atoms with Crippen molar-refractivity contribution in [3.8, 4) is 0 Å². The molecule has 0 unspecified atom stereocenters. The van der Waals surface area contributed by atoms with Crippen molar-refractivity contribution in [3.05, 3.63) is 51.1 Å². The summed E-state index contributed by atoms with van der Waals surface area (Å²) < 4.78 is 1.81. The maximum Gasteiger partial charge on any atom is 0.265 e. The van der Waals surface area contributed by atoms with E-state index in [2.05, 4.69) is 18.7 Å². The molecular formula is C20H19N3OS. The monoisotopic (exact) mass is 349 g/mol. The number of hydrogen-bond donors (Lipinski definition) is 0. The maximum atomic E-state index is 13.2. The van der Waals surface area contributed by atoms with E-state index in [4.69, 9.17) is 4.98 Å². The second-order valence-electron chi connectivity index (χ2n) is 6.82. The summed E-state index contributed by atoms with van der Waals surface area (Å²) in [6.07, 6.45) is 2.42. The molecule has 0 saturated carbocycles. The van der Waals surface area contributed by atoms with Crippen molar-refractivity contribution >= 4 is 43.8 Å². The molecule has 3 aromatic heterocycles. The van der Waals surface area contributed by atoms with Crippen molar-refractivity contribution in [3.63, 3.8) is 0 Å². The second kappa shape index (κ2) is 5.30. The van der Waals surface area contributed by atoms with Gasteiger partial charge in [0, 0.05) is 23.4 Å². The molecule has 0 N–H and O–H groups in total. The van der Waals surface area contributed by atoms with Crippen LogP contribution in [0.3, 0.4) is 0 Å². The molecule has 1 aliphatic rings. The Morgan fingerprint density at radius 1 is 1.12 bits per heavy atom. The van der Waals surface area contributed by atoms with Crippen molar-refractivity contribution < 1.29 is 0 Å². The predicted molar refractivity (Wildman–Crippen MR) is 105 cm³/mol. The first kappa shape index (κ1) is 14.9. The van der Waals surface area contributed by atoms with Crippen molar-refractivity contribution in [1.29, 1.82) is 0 Å². The Morgan fingerprint density at radius 2 is 1.88 bits per heavy atom. The summed E-state index contributed by atoms with van der Waals surface area (Å²) in [7, 11) is 0. The lowest BCUT2D eigenvalue weighted by Gasteiger charge is -2.19. The lowest BCUT2D eigenvalue weighted by atomic mass is 10.1. The van der Waals surface area contributed by atoms with Gasteiger partial charge in [0.15, 0.2) is 0 Å². The van der Waals surface area contributed by atoms with Gasteiger partial charge in [-0.1, -0.05) is 18.2 Å². The van der Waals surface area contributed by atoms with E-state index in [-0.39, 0.29) is 5.56 Å². The summed E-state index contributed by atoms with van der Waals surface area (Å²) in [5.41, 5.74) is 2.02. The molecule has 0 amide bonds. The summed E-state index contributed by atoms with van der Waals surface area (Å²) in [4.78, 5) is 22.8. The standard InChI is InChI=1S/C20H19N3OS/c1-12-13(2)25-20-17(12)18(22-9-5-6-10-22)21-16-11-14-7-3-4-8-15(14)19(24)23(16)20/h3-4,7-8,11H,5-6,9-10H2,1-2H3. The van der Waals surface area contributed by atoms with E-state index in [0.29, 0.717) is 0 Å².